The van der Waals surface area contributed by atoms with Gasteiger partial charge in [0.1, 0.15) is 35.6 Å². The Morgan fingerprint density at radius 2 is 1.85 bits per heavy atom. The van der Waals surface area contributed by atoms with Crippen LogP contribution in [0.25, 0.3) is 0 Å². The fourth-order valence-corrected chi connectivity index (χ4v) is 4.99. The second-order valence-corrected chi connectivity index (χ2v) is 12.9. The number of aliphatic hydroxyl groups is 1. The molecule has 1 aromatic heterocycles. The molecule has 222 valence electrons. The summed E-state index contributed by atoms with van der Waals surface area (Å²) in [7, 11) is -0.902. The number of aromatic nitrogens is 1. The summed E-state index contributed by atoms with van der Waals surface area (Å²) in [6.07, 6.45) is 0.0883. The third kappa shape index (κ3) is 8.48. The van der Waals surface area contributed by atoms with Gasteiger partial charge in [0.15, 0.2) is 0 Å². The summed E-state index contributed by atoms with van der Waals surface area (Å²) >= 11 is 0. The van der Waals surface area contributed by atoms with Crippen LogP contribution >= 0.6 is 0 Å². The van der Waals surface area contributed by atoms with Crippen LogP contribution in [0.15, 0.2) is 30.3 Å². The number of sulfonamides is 1. The first kappa shape index (κ1) is 31.5. The largest absolute Gasteiger partial charge is 0.491 e. The number of benzene rings is 1. The lowest BCUT2D eigenvalue weighted by Gasteiger charge is -2.25. The van der Waals surface area contributed by atoms with E-state index in [0.717, 1.165) is 22.9 Å². The second-order valence-electron chi connectivity index (χ2n) is 10.4. The molecule has 10 nitrogen and oxygen atoms in total. The average molecular weight is 585 g/mol. The molecule has 1 aliphatic carbocycles. The Labute approximate surface area is 234 Å². The molecule has 3 N–H and O–H groups in total. The van der Waals surface area contributed by atoms with E-state index in [1.165, 1.54) is 26.3 Å². The Morgan fingerprint density at radius 1 is 1.20 bits per heavy atom. The highest BCUT2D eigenvalue weighted by atomic mass is 32.2. The predicted molar refractivity (Wildman–Crippen MR) is 148 cm³/mol. The monoisotopic (exact) mass is 584 g/mol. The lowest BCUT2D eigenvalue weighted by Crippen LogP contribution is -2.47. The molecule has 0 bridgehead atoms. The molecule has 3 rings (SSSR count). The average Bonchev–Trinajstić information content (AvgIpc) is 3.61. The molecule has 1 heterocycles. The number of hydrogen-bond acceptors (Lipinski definition) is 8. The summed E-state index contributed by atoms with van der Waals surface area (Å²) < 4.78 is 64.4. The number of halogens is 2. The molecule has 1 amide bonds. The van der Waals surface area contributed by atoms with Crippen LogP contribution in [0.2, 0.25) is 0 Å². The SMILES string of the molecule is COCC[C@@H](O)[C@H](COc1cc(F)cc(F)c1)NC(=O)c1cc(NCC2C[C@@H]2C)nc(N(C)S(=O)(=O)C(C)C)c1. The summed E-state index contributed by atoms with van der Waals surface area (Å²) in [5.74, 6) is -0.984. The van der Waals surface area contributed by atoms with Gasteiger partial charge in [0.2, 0.25) is 10.0 Å². The van der Waals surface area contributed by atoms with E-state index in [1.807, 2.05) is 0 Å². The first-order valence-corrected chi connectivity index (χ1v) is 14.6. The number of carbonyl (C=O) groups is 1. The van der Waals surface area contributed by atoms with Crippen molar-refractivity contribution in [2.75, 3.05) is 43.5 Å². The molecule has 1 aliphatic rings. The molecule has 13 heteroatoms. The summed E-state index contributed by atoms with van der Waals surface area (Å²) in [6.45, 7) is 5.74. The molecule has 0 spiro atoms. The number of methoxy groups -OCH3 is 1. The van der Waals surface area contributed by atoms with Crippen LogP contribution in [0.4, 0.5) is 20.4 Å². The van der Waals surface area contributed by atoms with Crippen LogP contribution < -0.4 is 19.7 Å². The van der Waals surface area contributed by atoms with Crippen LogP contribution in [0, 0.1) is 23.5 Å². The van der Waals surface area contributed by atoms with Gasteiger partial charge in [0, 0.05) is 51.1 Å². The fraction of sp³-hybridized carbons (Fsp3) is 0.556. The van der Waals surface area contributed by atoms with E-state index in [4.69, 9.17) is 9.47 Å². The molecule has 0 aliphatic heterocycles. The van der Waals surface area contributed by atoms with Crippen LogP contribution in [0.3, 0.4) is 0 Å². The number of aliphatic hydroxyl groups excluding tert-OH is 1. The molecule has 0 saturated heterocycles. The molecular weight excluding hydrogens is 546 g/mol. The highest BCUT2D eigenvalue weighted by Gasteiger charge is 2.32. The van der Waals surface area contributed by atoms with E-state index >= 15 is 0 Å². The number of hydrogen-bond donors (Lipinski definition) is 3. The normalized spacial score (nSPS) is 18.2. The Bertz CT molecular complexity index is 1260. The number of amides is 1. The van der Waals surface area contributed by atoms with Gasteiger partial charge in [-0.1, -0.05) is 6.92 Å². The van der Waals surface area contributed by atoms with E-state index in [0.29, 0.717) is 30.3 Å². The van der Waals surface area contributed by atoms with E-state index in [1.54, 1.807) is 13.8 Å². The molecule has 1 fully saturated rings. The number of nitrogens with one attached hydrogen (secondary N) is 2. The molecule has 2 aromatic rings. The van der Waals surface area contributed by atoms with Gasteiger partial charge < -0.3 is 25.2 Å². The maximum Gasteiger partial charge on any atom is 0.251 e. The molecule has 1 unspecified atom stereocenters. The summed E-state index contributed by atoms with van der Waals surface area (Å²) in [4.78, 5) is 17.8. The number of pyridine rings is 1. The maximum absolute atomic E-state index is 13.6. The summed E-state index contributed by atoms with van der Waals surface area (Å²) in [5, 5.41) is 15.9. The topological polar surface area (TPSA) is 130 Å². The van der Waals surface area contributed by atoms with Crippen molar-refractivity contribution in [1.82, 2.24) is 10.3 Å². The predicted octanol–water partition coefficient (Wildman–Crippen LogP) is 3.18. The number of ether oxygens (including phenoxy) is 2. The quantitative estimate of drug-likeness (QED) is 0.291. The summed E-state index contributed by atoms with van der Waals surface area (Å²) in [5.41, 5.74) is 0.0999. The van der Waals surface area contributed by atoms with Gasteiger partial charge in [-0.25, -0.2) is 22.2 Å². The van der Waals surface area contributed by atoms with Crippen molar-refractivity contribution in [2.45, 2.75) is 51.0 Å². The van der Waals surface area contributed by atoms with Gasteiger partial charge in [0.05, 0.1) is 17.4 Å². The minimum absolute atomic E-state index is 0.0515. The summed E-state index contributed by atoms with van der Waals surface area (Å²) in [6, 6.07) is 4.54. The van der Waals surface area contributed by atoms with Gasteiger partial charge in [-0.15, -0.1) is 0 Å². The van der Waals surface area contributed by atoms with Crippen LogP contribution in [-0.4, -0.2) is 75.7 Å². The van der Waals surface area contributed by atoms with Crippen molar-refractivity contribution in [2.24, 2.45) is 11.8 Å². The lowest BCUT2D eigenvalue weighted by atomic mass is 10.1. The molecule has 4 atom stereocenters. The zero-order valence-electron chi connectivity index (χ0n) is 23.4. The van der Waals surface area contributed by atoms with E-state index in [-0.39, 0.29) is 36.8 Å². The van der Waals surface area contributed by atoms with E-state index in [2.05, 4.69) is 22.5 Å². The molecule has 1 saturated carbocycles. The number of nitrogens with zero attached hydrogens (tertiary/aromatic N) is 2. The zero-order chi connectivity index (χ0) is 29.6. The third-order valence-corrected chi connectivity index (χ3v) is 9.00. The lowest BCUT2D eigenvalue weighted by molar-refractivity contribution is 0.0560. The van der Waals surface area contributed by atoms with Crippen LogP contribution in [-0.2, 0) is 14.8 Å². The second kappa shape index (κ2) is 13.6. The highest BCUT2D eigenvalue weighted by molar-refractivity contribution is 7.93. The minimum atomic E-state index is -3.73. The van der Waals surface area contributed by atoms with Crippen molar-refractivity contribution < 1.29 is 36.6 Å². The molecule has 0 radical (unpaired) electrons. The van der Waals surface area contributed by atoms with Crippen molar-refractivity contribution in [3.8, 4) is 5.75 Å². The van der Waals surface area contributed by atoms with Gasteiger partial charge >= 0.3 is 0 Å². The van der Waals surface area contributed by atoms with E-state index < -0.39 is 45.0 Å². The third-order valence-electron chi connectivity index (χ3n) is 6.86. The van der Waals surface area contributed by atoms with Crippen LogP contribution in [0.1, 0.15) is 44.0 Å². The van der Waals surface area contributed by atoms with Gasteiger partial charge in [0.25, 0.3) is 5.91 Å². The van der Waals surface area contributed by atoms with E-state index in [9.17, 15) is 27.1 Å². The Hall–Kier alpha value is -3.03. The van der Waals surface area contributed by atoms with Crippen molar-refractivity contribution in [1.29, 1.82) is 0 Å². The Balaban J connectivity index is 1.86. The van der Waals surface area contributed by atoms with Gasteiger partial charge in [-0.3, -0.25) is 9.10 Å². The molecular formula is C27H38F2N4O6S. The van der Waals surface area contributed by atoms with Gasteiger partial charge in [-0.05, 0) is 50.7 Å². The Morgan fingerprint density at radius 3 is 2.42 bits per heavy atom. The highest BCUT2D eigenvalue weighted by Crippen LogP contribution is 2.37. The maximum atomic E-state index is 13.6. The number of rotatable bonds is 15. The minimum Gasteiger partial charge on any atom is -0.491 e. The first-order chi connectivity index (χ1) is 18.8. The fourth-order valence-electron chi connectivity index (χ4n) is 4.00. The van der Waals surface area contributed by atoms with Crippen molar-refractivity contribution in [3.63, 3.8) is 0 Å². The molecule has 40 heavy (non-hydrogen) atoms. The number of anilines is 2. The first-order valence-electron chi connectivity index (χ1n) is 13.1. The van der Waals surface area contributed by atoms with Crippen molar-refractivity contribution >= 4 is 27.6 Å². The smallest absolute Gasteiger partial charge is 0.251 e. The zero-order valence-corrected chi connectivity index (χ0v) is 24.2. The molecule has 1 aromatic carbocycles. The standard InChI is InChI=1S/C27H38F2N4O6S/c1-16(2)40(36,37)33(4)26-10-18(9-25(32-26)30-14-19-8-17(19)3)27(35)31-23(24(34)6-7-38-5)15-39-22-12-20(28)11-21(29)13-22/h9-13,16-17,19,23-24,34H,6-8,14-15H2,1-5H3,(H,30,32)(H,31,35)/t17-,19?,23-,24+/m0/s1. The van der Waals surface area contributed by atoms with Crippen LogP contribution in [0.5, 0.6) is 5.75 Å². The number of carbonyl (C=O) groups excluding carboxylic acids is 1. The van der Waals surface area contributed by atoms with Crippen molar-refractivity contribution in [3.05, 3.63) is 47.5 Å². The Kier molecular flexibility index (Phi) is 10.7. The van der Waals surface area contributed by atoms with Gasteiger partial charge in [-0.2, -0.15) is 0 Å².